The number of benzene rings is 1. The Morgan fingerprint density at radius 1 is 1.21 bits per heavy atom. The van der Waals surface area contributed by atoms with Gasteiger partial charge in [0.05, 0.1) is 12.5 Å². The fourth-order valence-corrected chi connectivity index (χ4v) is 2.02. The summed E-state index contributed by atoms with van der Waals surface area (Å²) >= 11 is 0. The van der Waals surface area contributed by atoms with Crippen LogP contribution in [0.1, 0.15) is 42.4 Å². The van der Waals surface area contributed by atoms with E-state index in [1.165, 1.54) is 5.56 Å². The molecule has 0 spiro atoms. The first kappa shape index (κ1) is 13.5. The standard InChI is InChI=1S/C16H20N2O/c1-16(2,3)13-7-5-12(6-8-13)9-15(19)14-10-17-11-18(14)4/h5-8,10-11H,9H2,1-4H3. The number of rotatable bonds is 3. The lowest BCUT2D eigenvalue weighted by Crippen LogP contribution is -2.12. The molecule has 0 aliphatic rings. The van der Waals surface area contributed by atoms with Gasteiger partial charge in [0.2, 0.25) is 0 Å². The van der Waals surface area contributed by atoms with Gasteiger partial charge in [-0.05, 0) is 16.5 Å². The van der Waals surface area contributed by atoms with Gasteiger partial charge in [-0.1, -0.05) is 45.0 Å². The highest BCUT2D eigenvalue weighted by molar-refractivity contribution is 5.95. The third kappa shape index (κ3) is 3.11. The number of hydrogen-bond acceptors (Lipinski definition) is 2. The minimum atomic E-state index is 0.100. The second-order valence-electron chi connectivity index (χ2n) is 5.94. The molecule has 1 aromatic carbocycles. The summed E-state index contributed by atoms with van der Waals surface area (Å²) in [6.45, 7) is 6.55. The molecule has 1 heterocycles. The first-order chi connectivity index (χ1) is 8.88. The Morgan fingerprint density at radius 3 is 2.32 bits per heavy atom. The predicted molar refractivity (Wildman–Crippen MR) is 76.4 cm³/mol. The highest BCUT2D eigenvalue weighted by atomic mass is 16.1. The van der Waals surface area contributed by atoms with Crippen LogP contribution in [0.25, 0.3) is 0 Å². The molecule has 0 aliphatic carbocycles. The molecule has 0 atom stereocenters. The minimum absolute atomic E-state index is 0.100. The molecule has 0 saturated carbocycles. The topological polar surface area (TPSA) is 34.9 Å². The van der Waals surface area contributed by atoms with E-state index in [4.69, 9.17) is 0 Å². The van der Waals surface area contributed by atoms with Crippen molar-refractivity contribution in [1.82, 2.24) is 9.55 Å². The number of imidazole rings is 1. The van der Waals surface area contributed by atoms with Crippen LogP contribution >= 0.6 is 0 Å². The van der Waals surface area contributed by atoms with Crippen LogP contribution in [0.15, 0.2) is 36.8 Å². The van der Waals surface area contributed by atoms with Crippen LogP contribution in [0, 0.1) is 0 Å². The Hall–Kier alpha value is -1.90. The monoisotopic (exact) mass is 256 g/mol. The molecule has 0 amide bonds. The molecule has 0 fully saturated rings. The Bertz CT molecular complexity index is 574. The van der Waals surface area contributed by atoms with E-state index in [1.54, 1.807) is 17.1 Å². The average molecular weight is 256 g/mol. The average Bonchev–Trinajstić information content (AvgIpc) is 2.75. The molecule has 1 aromatic heterocycles. The number of Topliss-reactive ketones (excluding diaryl/α,β-unsaturated/α-hetero) is 1. The Labute approximate surface area is 114 Å². The third-order valence-electron chi connectivity index (χ3n) is 3.29. The fraction of sp³-hybridized carbons (Fsp3) is 0.375. The van der Waals surface area contributed by atoms with Gasteiger partial charge in [-0.3, -0.25) is 4.79 Å². The number of ketones is 1. The summed E-state index contributed by atoms with van der Waals surface area (Å²) in [5, 5.41) is 0. The minimum Gasteiger partial charge on any atom is -0.331 e. The lowest BCUT2D eigenvalue weighted by Gasteiger charge is -2.19. The molecule has 0 unspecified atom stereocenters. The van der Waals surface area contributed by atoms with Gasteiger partial charge in [-0.15, -0.1) is 0 Å². The van der Waals surface area contributed by atoms with Crippen LogP contribution in [-0.2, 0) is 18.9 Å². The molecule has 0 radical (unpaired) electrons. The number of hydrogen-bond donors (Lipinski definition) is 0. The van der Waals surface area contributed by atoms with E-state index in [2.05, 4.69) is 37.9 Å². The Balaban J connectivity index is 2.12. The van der Waals surface area contributed by atoms with Crippen molar-refractivity contribution < 1.29 is 4.79 Å². The van der Waals surface area contributed by atoms with E-state index in [0.29, 0.717) is 12.1 Å². The molecular formula is C16H20N2O. The lowest BCUT2D eigenvalue weighted by molar-refractivity contribution is 0.0985. The van der Waals surface area contributed by atoms with Crippen molar-refractivity contribution in [3.63, 3.8) is 0 Å². The van der Waals surface area contributed by atoms with E-state index >= 15 is 0 Å². The third-order valence-corrected chi connectivity index (χ3v) is 3.29. The summed E-state index contributed by atoms with van der Waals surface area (Å²) in [6, 6.07) is 8.28. The summed E-state index contributed by atoms with van der Waals surface area (Å²) < 4.78 is 1.76. The highest BCUT2D eigenvalue weighted by Gasteiger charge is 2.14. The van der Waals surface area contributed by atoms with E-state index in [1.807, 2.05) is 19.2 Å². The largest absolute Gasteiger partial charge is 0.331 e. The second kappa shape index (κ2) is 5.00. The molecule has 0 saturated heterocycles. The summed E-state index contributed by atoms with van der Waals surface area (Å²) in [5.41, 5.74) is 3.12. The van der Waals surface area contributed by atoms with Crippen LogP contribution in [-0.4, -0.2) is 15.3 Å². The summed E-state index contributed by atoms with van der Waals surface area (Å²) in [4.78, 5) is 16.1. The highest BCUT2D eigenvalue weighted by Crippen LogP contribution is 2.22. The normalized spacial score (nSPS) is 11.6. The van der Waals surface area contributed by atoms with Gasteiger partial charge in [-0.25, -0.2) is 4.98 Å². The summed E-state index contributed by atoms with van der Waals surface area (Å²) in [7, 11) is 1.84. The van der Waals surface area contributed by atoms with Crippen LogP contribution in [0.3, 0.4) is 0 Å². The SMILES string of the molecule is Cn1cncc1C(=O)Cc1ccc(C(C)(C)C)cc1. The molecule has 19 heavy (non-hydrogen) atoms. The predicted octanol–water partition coefficient (Wildman–Crippen LogP) is 3.14. The number of aryl methyl sites for hydroxylation is 1. The van der Waals surface area contributed by atoms with Crippen LogP contribution < -0.4 is 0 Å². The van der Waals surface area contributed by atoms with Crippen molar-refractivity contribution in [3.8, 4) is 0 Å². The molecule has 0 bridgehead atoms. The quantitative estimate of drug-likeness (QED) is 0.791. The molecule has 100 valence electrons. The van der Waals surface area contributed by atoms with E-state index in [0.717, 1.165) is 5.56 Å². The van der Waals surface area contributed by atoms with Gasteiger partial charge in [-0.2, -0.15) is 0 Å². The molecule has 3 heteroatoms. The fourth-order valence-electron chi connectivity index (χ4n) is 2.02. The van der Waals surface area contributed by atoms with Crippen molar-refractivity contribution in [2.45, 2.75) is 32.6 Å². The molecule has 3 nitrogen and oxygen atoms in total. The molecule has 2 aromatic rings. The van der Waals surface area contributed by atoms with Crippen molar-refractivity contribution in [2.24, 2.45) is 7.05 Å². The van der Waals surface area contributed by atoms with Crippen LogP contribution in [0.5, 0.6) is 0 Å². The van der Waals surface area contributed by atoms with Gasteiger partial charge < -0.3 is 4.57 Å². The van der Waals surface area contributed by atoms with E-state index < -0.39 is 0 Å². The van der Waals surface area contributed by atoms with Crippen molar-refractivity contribution in [1.29, 1.82) is 0 Å². The van der Waals surface area contributed by atoms with Crippen molar-refractivity contribution in [3.05, 3.63) is 53.6 Å². The van der Waals surface area contributed by atoms with E-state index in [9.17, 15) is 4.79 Å². The molecule has 0 N–H and O–H groups in total. The van der Waals surface area contributed by atoms with Gasteiger partial charge in [0.1, 0.15) is 5.69 Å². The van der Waals surface area contributed by atoms with Crippen molar-refractivity contribution in [2.75, 3.05) is 0 Å². The summed E-state index contributed by atoms with van der Waals surface area (Å²) in [6.07, 6.45) is 3.69. The molecule has 2 rings (SSSR count). The number of aromatic nitrogens is 2. The zero-order chi connectivity index (χ0) is 14.0. The van der Waals surface area contributed by atoms with Gasteiger partial charge >= 0.3 is 0 Å². The Morgan fingerprint density at radius 2 is 1.84 bits per heavy atom. The maximum atomic E-state index is 12.1. The maximum Gasteiger partial charge on any atom is 0.185 e. The second-order valence-corrected chi connectivity index (χ2v) is 5.94. The Kier molecular flexibility index (Phi) is 3.56. The first-order valence-electron chi connectivity index (χ1n) is 6.47. The van der Waals surface area contributed by atoms with E-state index in [-0.39, 0.29) is 11.2 Å². The zero-order valence-electron chi connectivity index (χ0n) is 12.0. The van der Waals surface area contributed by atoms with Gasteiger partial charge in [0, 0.05) is 13.5 Å². The number of nitrogens with zero attached hydrogens (tertiary/aromatic N) is 2. The number of carbonyl (C=O) groups excluding carboxylic acids is 1. The van der Waals surface area contributed by atoms with Crippen LogP contribution in [0.4, 0.5) is 0 Å². The maximum absolute atomic E-state index is 12.1. The van der Waals surface area contributed by atoms with Gasteiger partial charge in [0.25, 0.3) is 0 Å². The smallest absolute Gasteiger partial charge is 0.185 e. The number of carbonyl (C=O) groups is 1. The lowest BCUT2D eigenvalue weighted by atomic mass is 9.86. The molecular weight excluding hydrogens is 236 g/mol. The summed E-state index contributed by atoms with van der Waals surface area (Å²) in [5.74, 6) is 0.100. The van der Waals surface area contributed by atoms with Gasteiger partial charge in [0.15, 0.2) is 5.78 Å². The first-order valence-corrected chi connectivity index (χ1v) is 6.47. The van der Waals surface area contributed by atoms with Crippen molar-refractivity contribution >= 4 is 5.78 Å². The van der Waals surface area contributed by atoms with Crippen LogP contribution in [0.2, 0.25) is 0 Å². The molecule has 0 aliphatic heterocycles. The zero-order valence-corrected chi connectivity index (χ0v) is 12.0.